The van der Waals surface area contributed by atoms with E-state index in [4.69, 9.17) is 21.7 Å². The van der Waals surface area contributed by atoms with Gasteiger partial charge in [-0.25, -0.2) is 0 Å². The molecule has 178 valence electrons. The third-order valence-corrected chi connectivity index (χ3v) is 5.29. The molecule has 0 radical (unpaired) electrons. The third-order valence-electron chi connectivity index (χ3n) is 4.28. The van der Waals surface area contributed by atoms with E-state index in [0.717, 1.165) is 6.07 Å². The average molecular weight is 607 g/mol. The number of benzene rings is 2. The number of hydrogen-bond acceptors (Lipinski definition) is 7. The van der Waals surface area contributed by atoms with Crippen molar-refractivity contribution in [2.75, 3.05) is 6.61 Å². The molecule has 0 atom stereocenters. The van der Waals surface area contributed by atoms with Crippen LogP contribution in [0.15, 0.2) is 35.9 Å². The van der Waals surface area contributed by atoms with E-state index >= 15 is 0 Å². The fraction of sp³-hybridized carbons (Fsp3) is 0.150. The van der Waals surface area contributed by atoms with Gasteiger partial charge in [0.2, 0.25) is 5.75 Å². The van der Waals surface area contributed by atoms with E-state index < -0.39 is 39.9 Å². The predicted octanol–water partition coefficient (Wildman–Crippen LogP) is 4.32. The van der Waals surface area contributed by atoms with E-state index in [0.29, 0.717) is 21.3 Å². The lowest BCUT2D eigenvalue weighted by Crippen LogP contribution is -2.51. The average Bonchev–Trinajstić information content (AvgIpc) is 2.72. The maximum Gasteiger partial charge on any atom is 0.416 e. The van der Waals surface area contributed by atoms with Crippen molar-refractivity contribution < 1.29 is 37.2 Å². The SMILES string of the molecule is CCOc1cc(C=C2C(=O)NC(=S)NC2=O)cc(I)c1Oc1ccc(C(F)(F)F)cc1[N+](=O)[O-]. The molecule has 34 heavy (non-hydrogen) atoms. The first kappa shape index (κ1) is 25.4. The minimum atomic E-state index is -4.77. The summed E-state index contributed by atoms with van der Waals surface area (Å²) < 4.78 is 50.4. The number of amides is 2. The minimum Gasteiger partial charge on any atom is -0.490 e. The van der Waals surface area contributed by atoms with Crippen LogP contribution in [-0.2, 0) is 15.8 Å². The molecule has 0 unspecified atom stereocenters. The van der Waals surface area contributed by atoms with Crippen molar-refractivity contribution in [2.45, 2.75) is 13.1 Å². The largest absolute Gasteiger partial charge is 0.490 e. The van der Waals surface area contributed by atoms with Gasteiger partial charge in [0, 0.05) is 6.07 Å². The Hall–Kier alpha value is -3.27. The quantitative estimate of drug-likeness (QED) is 0.125. The van der Waals surface area contributed by atoms with Gasteiger partial charge in [-0.15, -0.1) is 0 Å². The zero-order valence-corrected chi connectivity index (χ0v) is 20.0. The summed E-state index contributed by atoms with van der Waals surface area (Å²) in [6.07, 6.45) is -3.49. The Labute approximate surface area is 208 Å². The Bertz CT molecular complexity index is 1230. The van der Waals surface area contributed by atoms with Crippen molar-refractivity contribution in [2.24, 2.45) is 0 Å². The molecule has 1 heterocycles. The van der Waals surface area contributed by atoms with Crippen LogP contribution in [-0.4, -0.2) is 28.5 Å². The van der Waals surface area contributed by atoms with E-state index in [2.05, 4.69) is 10.6 Å². The molecule has 2 aromatic carbocycles. The number of thiocarbonyl (C=S) groups is 1. The van der Waals surface area contributed by atoms with Gasteiger partial charge >= 0.3 is 11.9 Å². The number of alkyl halides is 3. The van der Waals surface area contributed by atoms with Crippen molar-refractivity contribution >= 4 is 63.5 Å². The maximum absolute atomic E-state index is 13.0. The Balaban J connectivity index is 2.04. The summed E-state index contributed by atoms with van der Waals surface area (Å²) in [6.45, 7) is 1.81. The summed E-state index contributed by atoms with van der Waals surface area (Å²) >= 11 is 6.58. The van der Waals surface area contributed by atoms with Crippen LogP contribution in [0.5, 0.6) is 17.2 Å². The van der Waals surface area contributed by atoms with Gasteiger partial charge in [-0.2, -0.15) is 13.2 Å². The monoisotopic (exact) mass is 607 g/mol. The van der Waals surface area contributed by atoms with Gasteiger partial charge in [-0.3, -0.25) is 30.3 Å². The summed E-state index contributed by atoms with van der Waals surface area (Å²) in [5.74, 6) is -1.75. The fourth-order valence-corrected chi connectivity index (χ4v) is 3.76. The summed E-state index contributed by atoms with van der Waals surface area (Å²) in [5, 5.41) is 15.9. The molecule has 2 amide bonds. The number of rotatable bonds is 6. The van der Waals surface area contributed by atoms with Crippen LogP contribution in [0.4, 0.5) is 18.9 Å². The Kier molecular flexibility index (Phi) is 7.40. The molecular weight excluding hydrogens is 594 g/mol. The van der Waals surface area contributed by atoms with E-state index in [1.807, 2.05) is 22.6 Å². The van der Waals surface area contributed by atoms with Crippen molar-refractivity contribution in [3.63, 3.8) is 0 Å². The first-order chi connectivity index (χ1) is 15.9. The van der Waals surface area contributed by atoms with E-state index in [9.17, 15) is 32.9 Å². The third kappa shape index (κ3) is 5.61. The number of carbonyl (C=O) groups excluding carboxylic acids is 2. The highest BCUT2D eigenvalue weighted by molar-refractivity contribution is 14.1. The number of ether oxygens (including phenoxy) is 2. The van der Waals surface area contributed by atoms with Gasteiger partial charge in [0.25, 0.3) is 11.8 Å². The van der Waals surface area contributed by atoms with Crippen molar-refractivity contribution in [1.29, 1.82) is 0 Å². The first-order valence-corrected chi connectivity index (χ1v) is 10.8. The van der Waals surface area contributed by atoms with Crippen LogP contribution in [0, 0.1) is 13.7 Å². The summed E-state index contributed by atoms with van der Waals surface area (Å²) in [4.78, 5) is 34.6. The van der Waals surface area contributed by atoms with Crippen LogP contribution in [0.25, 0.3) is 6.08 Å². The molecule has 3 rings (SSSR count). The number of halogens is 4. The second-order valence-corrected chi connectivity index (χ2v) is 8.17. The van der Waals surface area contributed by atoms with Gasteiger partial charge < -0.3 is 9.47 Å². The highest BCUT2D eigenvalue weighted by Gasteiger charge is 2.34. The standard InChI is InChI=1S/C20H13F3IN3O6S/c1-2-32-15-7-9(5-11-17(28)25-19(34)26-18(11)29)6-12(24)16(15)33-14-4-3-10(20(21,22)23)8-13(14)27(30)31/h3-8H,2H2,1H3,(H2,25,26,28,29,34). The lowest BCUT2D eigenvalue weighted by atomic mass is 10.1. The molecule has 0 aliphatic carbocycles. The molecule has 2 aromatic rings. The summed E-state index contributed by atoms with van der Waals surface area (Å²) in [5.41, 5.74) is -1.95. The summed E-state index contributed by atoms with van der Waals surface area (Å²) in [7, 11) is 0. The molecule has 2 N–H and O–H groups in total. The van der Waals surface area contributed by atoms with Crippen LogP contribution >= 0.6 is 34.8 Å². The van der Waals surface area contributed by atoms with Crippen LogP contribution < -0.4 is 20.1 Å². The van der Waals surface area contributed by atoms with Gasteiger partial charge in [0.1, 0.15) is 5.57 Å². The molecular formula is C20H13F3IN3O6S. The van der Waals surface area contributed by atoms with Gasteiger partial charge in [-0.1, -0.05) is 0 Å². The van der Waals surface area contributed by atoms with E-state index in [1.54, 1.807) is 6.92 Å². The number of nitrogens with zero attached hydrogens (tertiary/aromatic N) is 1. The number of nitro benzene ring substituents is 1. The second-order valence-electron chi connectivity index (χ2n) is 6.60. The van der Waals surface area contributed by atoms with Crippen molar-refractivity contribution in [1.82, 2.24) is 10.6 Å². The number of carbonyl (C=O) groups is 2. The maximum atomic E-state index is 13.0. The smallest absolute Gasteiger partial charge is 0.416 e. The molecule has 0 bridgehead atoms. The normalized spacial score (nSPS) is 13.8. The van der Waals surface area contributed by atoms with Crippen LogP contribution in [0.2, 0.25) is 0 Å². The van der Waals surface area contributed by atoms with Gasteiger partial charge in [-0.05, 0) is 77.6 Å². The Morgan fingerprint density at radius 2 is 1.79 bits per heavy atom. The highest BCUT2D eigenvalue weighted by Crippen LogP contribution is 2.42. The lowest BCUT2D eigenvalue weighted by molar-refractivity contribution is -0.385. The molecule has 14 heteroatoms. The van der Waals surface area contributed by atoms with Crippen LogP contribution in [0.1, 0.15) is 18.1 Å². The number of hydrogen-bond donors (Lipinski definition) is 2. The summed E-state index contributed by atoms with van der Waals surface area (Å²) in [6, 6.07) is 4.81. The second kappa shape index (κ2) is 9.92. The Morgan fingerprint density at radius 1 is 1.15 bits per heavy atom. The minimum absolute atomic E-state index is 0.00573. The molecule has 1 aliphatic rings. The number of nitro groups is 1. The molecule has 1 saturated heterocycles. The van der Waals surface area contributed by atoms with Crippen LogP contribution in [0.3, 0.4) is 0 Å². The zero-order chi connectivity index (χ0) is 25.2. The van der Waals surface area contributed by atoms with Gasteiger partial charge in [0.05, 0.1) is 20.7 Å². The lowest BCUT2D eigenvalue weighted by Gasteiger charge is -2.17. The molecule has 0 spiro atoms. The number of nitrogens with one attached hydrogen (secondary N) is 2. The van der Waals surface area contributed by atoms with E-state index in [1.165, 1.54) is 18.2 Å². The topological polar surface area (TPSA) is 120 Å². The molecule has 0 aromatic heterocycles. The Morgan fingerprint density at radius 3 is 2.35 bits per heavy atom. The molecule has 1 aliphatic heterocycles. The van der Waals surface area contributed by atoms with E-state index in [-0.39, 0.29) is 28.8 Å². The van der Waals surface area contributed by atoms with Crippen molar-refractivity contribution in [3.8, 4) is 17.2 Å². The molecule has 1 fully saturated rings. The fourth-order valence-electron chi connectivity index (χ4n) is 2.84. The van der Waals surface area contributed by atoms with Gasteiger partial charge in [0.15, 0.2) is 16.6 Å². The first-order valence-electron chi connectivity index (χ1n) is 9.29. The van der Waals surface area contributed by atoms with Crippen molar-refractivity contribution in [3.05, 3.63) is 60.7 Å². The zero-order valence-electron chi connectivity index (χ0n) is 17.0. The highest BCUT2D eigenvalue weighted by atomic mass is 127. The molecule has 0 saturated carbocycles. The molecule has 9 nitrogen and oxygen atoms in total. The predicted molar refractivity (Wildman–Crippen MR) is 125 cm³/mol.